The smallest absolute Gasteiger partial charge is 1.00 e. The zero-order valence-corrected chi connectivity index (χ0v) is 14.6. The van der Waals surface area contributed by atoms with Crippen molar-refractivity contribution < 1.29 is 81.5 Å². The molecule has 0 unspecified atom stereocenters. The summed E-state index contributed by atoms with van der Waals surface area (Å²) in [4.78, 5) is 44.4. The van der Waals surface area contributed by atoms with Gasteiger partial charge < -0.3 is 32.8 Å². The molecule has 0 radical (unpaired) electrons. The number of hydrogen-bond acceptors (Lipinski definition) is 6. The van der Waals surface area contributed by atoms with Crippen LogP contribution in [0.25, 0.3) is 0 Å². The molecule has 0 rings (SSSR count). The standard InChI is InChI=1S/C10H16N2O8.Na.2H2O.H/c13-7(14)3-11(4-8(15)16)1-2-12(5-9(17)18)6-10(19)20;;;;/h1-6H2,(H,13,14)(H,15,16)(H,17,18)(H,19,20);;2*1H2;/q;+1;;;-1. The second kappa shape index (κ2) is 15.6. The van der Waals surface area contributed by atoms with Gasteiger partial charge in [0.05, 0.1) is 26.2 Å². The molecule has 13 heteroatoms. The monoisotopic (exact) mass is 352 g/mol. The van der Waals surface area contributed by atoms with Gasteiger partial charge in [0, 0.05) is 13.1 Å². The van der Waals surface area contributed by atoms with Gasteiger partial charge in [-0.25, -0.2) is 0 Å². The summed E-state index contributed by atoms with van der Waals surface area (Å²) in [6.07, 6.45) is 0. The van der Waals surface area contributed by atoms with E-state index in [1.807, 2.05) is 0 Å². The summed E-state index contributed by atoms with van der Waals surface area (Å²) in [5, 5.41) is 34.5. The molecule has 0 aliphatic rings. The van der Waals surface area contributed by atoms with Crippen molar-refractivity contribution in [1.29, 1.82) is 0 Å². The third kappa shape index (κ3) is 18.7. The Kier molecular flexibility index (Phi) is 20.2. The van der Waals surface area contributed by atoms with E-state index in [0.29, 0.717) is 0 Å². The largest absolute Gasteiger partial charge is 1.00 e. The summed E-state index contributed by atoms with van der Waals surface area (Å²) in [7, 11) is 0. The second-order valence-corrected chi connectivity index (χ2v) is 4.00. The molecule has 0 aromatic carbocycles. The zero-order valence-electron chi connectivity index (χ0n) is 13.6. The molecule has 8 N–H and O–H groups in total. The molecule has 23 heavy (non-hydrogen) atoms. The Bertz CT molecular complexity index is 330. The molecule has 0 atom stereocenters. The molecule has 0 saturated carbocycles. The number of nitrogens with zero attached hydrogens (tertiary/aromatic N) is 2. The van der Waals surface area contributed by atoms with E-state index >= 15 is 0 Å². The Morgan fingerprint density at radius 2 is 0.783 bits per heavy atom. The Morgan fingerprint density at radius 3 is 0.913 bits per heavy atom. The van der Waals surface area contributed by atoms with Crippen LogP contribution in [-0.2, 0) is 19.2 Å². The van der Waals surface area contributed by atoms with Gasteiger partial charge in [-0.05, 0) is 0 Å². The molecule has 0 saturated heterocycles. The second-order valence-electron chi connectivity index (χ2n) is 4.00. The van der Waals surface area contributed by atoms with Crippen molar-refractivity contribution in [2.24, 2.45) is 0 Å². The van der Waals surface area contributed by atoms with Crippen LogP contribution in [0.2, 0.25) is 0 Å². The van der Waals surface area contributed by atoms with E-state index in [1.165, 1.54) is 0 Å². The van der Waals surface area contributed by atoms with Crippen LogP contribution in [0.3, 0.4) is 0 Å². The Hall–Kier alpha value is -1.28. The fourth-order valence-electron chi connectivity index (χ4n) is 1.48. The molecule has 0 amide bonds. The van der Waals surface area contributed by atoms with Crippen molar-refractivity contribution in [2.75, 3.05) is 39.3 Å². The van der Waals surface area contributed by atoms with E-state index in [9.17, 15) is 19.2 Å². The normalized spacial score (nSPS) is 9.30. The van der Waals surface area contributed by atoms with Gasteiger partial charge in [0.25, 0.3) is 0 Å². The molecule has 132 valence electrons. The number of hydrogen-bond donors (Lipinski definition) is 4. The fraction of sp³-hybridized carbons (Fsp3) is 0.600. The van der Waals surface area contributed by atoms with Crippen LogP contribution in [0.5, 0.6) is 0 Å². The summed E-state index contributed by atoms with van der Waals surface area (Å²) >= 11 is 0. The van der Waals surface area contributed by atoms with Gasteiger partial charge in [-0.3, -0.25) is 29.0 Å². The van der Waals surface area contributed by atoms with Crippen molar-refractivity contribution in [3.05, 3.63) is 0 Å². The van der Waals surface area contributed by atoms with Gasteiger partial charge in [0.1, 0.15) is 0 Å². The first-order valence-electron chi connectivity index (χ1n) is 5.52. The van der Waals surface area contributed by atoms with Crippen molar-refractivity contribution >= 4 is 23.9 Å². The third-order valence-electron chi connectivity index (χ3n) is 2.17. The molecule has 0 bridgehead atoms. The number of carboxylic acid groups (broad SMARTS) is 4. The number of carbonyl (C=O) groups is 4. The molecule has 0 aliphatic heterocycles. The number of carboxylic acids is 4. The fourth-order valence-corrected chi connectivity index (χ4v) is 1.48. The van der Waals surface area contributed by atoms with Crippen molar-refractivity contribution in [3.8, 4) is 0 Å². The number of rotatable bonds is 11. The predicted octanol–water partition coefficient (Wildman–Crippen LogP) is -6.60. The van der Waals surface area contributed by atoms with Gasteiger partial charge in [0.15, 0.2) is 0 Å². The van der Waals surface area contributed by atoms with E-state index < -0.39 is 50.1 Å². The minimum atomic E-state index is -1.23. The topological polar surface area (TPSA) is 219 Å². The van der Waals surface area contributed by atoms with Crippen molar-refractivity contribution in [3.63, 3.8) is 0 Å². The minimum Gasteiger partial charge on any atom is -1.00 e. The maximum Gasteiger partial charge on any atom is 1.00 e. The van der Waals surface area contributed by atoms with Crippen molar-refractivity contribution in [2.45, 2.75) is 0 Å². The molecule has 0 aromatic rings. The summed E-state index contributed by atoms with van der Waals surface area (Å²) in [6, 6.07) is 0. The summed E-state index contributed by atoms with van der Waals surface area (Å²) in [6.45, 7) is -2.25. The molecule has 0 spiro atoms. The van der Waals surface area contributed by atoms with Crippen LogP contribution >= 0.6 is 0 Å². The van der Waals surface area contributed by atoms with Crippen LogP contribution in [0.15, 0.2) is 0 Å². The summed E-state index contributed by atoms with van der Waals surface area (Å²) in [5.74, 6) is -4.91. The van der Waals surface area contributed by atoms with Crippen LogP contribution < -0.4 is 29.6 Å². The van der Waals surface area contributed by atoms with Gasteiger partial charge >= 0.3 is 53.4 Å². The molecule has 12 nitrogen and oxygen atoms in total. The summed E-state index contributed by atoms with van der Waals surface area (Å²) in [5.41, 5.74) is 0. The van der Waals surface area contributed by atoms with Crippen LogP contribution in [0.4, 0.5) is 0 Å². The van der Waals surface area contributed by atoms with Gasteiger partial charge in [-0.2, -0.15) is 0 Å². The minimum absolute atomic E-state index is 0. The van der Waals surface area contributed by atoms with E-state index in [0.717, 1.165) is 9.80 Å². The van der Waals surface area contributed by atoms with E-state index in [2.05, 4.69) is 0 Å². The van der Waals surface area contributed by atoms with E-state index in [1.54, 1.807) is 0 Å². The molecule has 0 fully saturated rings. The number of aliphatic carboxylic acids is 4. The quantitative estimate of drug-likeness (QED) is 0.257. The SMILES string of the molecule is O.O.O=C(O)CN(CCN(CC(=O)O)CC(=O)O)CC(=O)O.[H-].[Na+]. The third-order valence-corrected chi connectivity index (χ3v) is 2.17. The zero-order chi connectivity index (χ0) is 15.7. The first-order valence-corrected chi connectivity index (χ1v) is 5.52. The average molecular weight is 352 g/mol. The Balaban J connectivity index is -0.000000301. The van der Waals surface area contributed by atoms with Crippen LogP contribution in [-0.4, -0.2) is 104 Å². The molecular formula is C10H21N2NaO10. The predicted molar refractivity (Wildman–Crippen MR) is 71.8 cm³/mol. The molecule has 0 heterocycles. The van der Waals surface area contributed by atoms with E-state index in [4.69, 9.17) is 20.4 Å². The molecular weight excluding hydrogens is 331 g/mol. The van der Waals surface area contributed by atoms with Crippen LogP contribution in [0, 0.1) is 0 Å². The maximum atomic E-state index is 10.6. The maximum absolute atomic E-state index is 10.6. The Labute approximate surface area is 154 Å². The van der Waals surface area contributed by atoms with Crippen LogP contribution in [0.1, 0.15) is 1.43 Å². The molecule has 0 aliphatic carbocycles. The van der Waals surface area contributed by atoms with Gasteiger partial charge in [0.2, 0.25) is 0 Å². The van der Waals surface area contributed by atoms with Gasteiger partial charge in [-0.15, -0.1) is 0 Å². The average Bonchev–Trinajstić information content (AvgIpc) is 2.22. The van der Waals surface area contributed by atoms with Crippen molar-refractivity contribution in [1.82, 2.24) is 9.80 Å². The molecule has 0 aromatic heterocycles. The van der Waals surface area contributed by atoms with E-state index in [-0.39, 0.29) is 55.0 Å². The first kappa shape index (κ1) is 29.7. The summed E-state index contributed by atoms with van der Waals surface area (Å²) < 4.78 is 0. The van der Waals surface area contributed by atoms with Gasteiger partial charge in [-0.1, -0.05) is 0 Å². The Morgan fingerprint density at radius 1 is 0.609 bits per heavy atom. The first-order chi connectivity index (χ1) is 9.20.